The molecule has 0 bridgehead atoms. The number of nitrogens with zero attached hydrogens (tertiary/aromatic N) is 2. The van der Waals surface area contributed by atoms with Crippen molar-refractivity contribution >= 4 is 29.1 Å². The lowest BCUT2D eigenvalue weighted by atomic mass is 9.97. The lowest BCUT2D eigenvalue weighted by Gasteiger charge is -2.19. The zero-order valence-electron chi connectivity index (χ0n) is 15.4. The molecule has 1 saturated heterocycles. The zero-order valence-corrected chi connectivity index (χ0v) is 16.2. The monoisotopic (exact) mass is 407 g/mol. The number of amides is 2. The highest BCUT2D eigenvalue weighted by Gasteiger charge is 2.33. The van der Waals surface area contributed by atoms with Crippen LogP contribution < -0.4 is 15.4 Å². The molecule has 146 valence electrons. The fourth-order valence-electron chi connectivity index (χ4n) is 3.46. The Labute approximate surface area is 172 Å². The van der Waals surface area contributed by atoms with Gasteiger partial charge in [-0.05, 0) is 42.5 Å². The van der Waals surface area contributed by atoms with E-state index in [2.05, 4.69) is 4.98 Å². The maximum absolute atomic E-state index is 12.7. The van der Waals surface area contributed by atoms with Crippen LogP contribution in [0.1, 0.15) is 28.3 Å². The molecule has 4 rings (SSSR count). The van der Waals surface area contributed by atoms with Gasteiger partial charge in [-0.25, -0.2) is 0 Å². The van der Waals surface area contributed by atoms with Crippen LogP contribution in [-0.4, -0.2) is 23.3 Å². The summed E-state index contributed by atoms with van der Waals surface area (Å²) >= 11 is 6.18. The number of hydrogen-bond acceptors (Lipinski definition) is 4. The summed E-state index contributed by atoms with van der Waals surface area (Å²) in [5, 5.41) is 0.549. The van der Waals surface area contributed by atoms with Gasteiger partial charge >= 0.3 is 0 Å². The third-order valence-electron chi connectivity index (χ3n) is 4.86. The van der Waals surface area contributed by atoms with Gasteiger partial charge in [0, 0.05) is 53.1 Å². The van der Waals surface area contributed by atoms with E-state index in [1.807, 2.05) is 6.07 Å². The number of pyridine rings is 1. The average Bonchev–Trinajstić information content (AvgIpc) is 3.10. The summed E-state index contributed by atoms with van der Waals surface area (Å²) in [6, 6.07) is 15.7. The van der Waals surface area contributed by atoms with Gasteiger partial charge in [-0.15, -0.1) is 0 Å². The molecular formula is C22H18ClN3O3. The van der Waals surface area contributed by atoms with E-state index < -0.39 is 5.91 Å². The fourth-order valence-corrected chi connectivity index (χ4v) is 3.62. The van der Waals surface area contributed by atoms with Crippen molar-refractivity contribution in [3.05, 3.63) is 83.1 Å². The van der Waals surface area contributed by atoms with Crippen molar-refractivity contribution in [3.8, 4) is 11.5 Å². The number of nitrogens with two attached hydrogens (primary N) is 1. The van der Waals surface area contributed by atoms with Crippen molar-refractivity contribution in [2.45, 2.75) is 12.3 Å². The number of rotatable bonds is 5. The topological polar surface area (TPSA) is 85.5 Å². The van der Waals surface area contributed by atoms with Crippen molar-refractivity contribution < 1.29 is 14.3 Å². The van der Waals surface area contributed by atoms with Crippen molar-refractivity contribution in [2.75, 3.05) is 11.4 Å². The summed E-state index contributed by atoms with van der Waals surface area (Å²) in [4.78, 5) is 29.8. The van der Waals surface area contributed by atoms with Crippen LogP contribution in [0.2, 0.25) is 5.02 Å². The number of carbonyl (C=O) groups excluding carboxylic acids is 2. The van der Waals surface area contributed by atoms with Gasteiger partial charge in [0.1, 0.15) is 11.5 Å². The molecule has 0 radical (unpaired) electrons. The second-order valence-corrected chi connectivity index (χ2v) is 7.22. The van der Waals surface area contributed by atoms with Gasteiger partial charge in [0.2, 0.25) is 11.8 Å². The highest BCUT2D eigenvalue weighted by molar-refractivity contribution is 6.30. The SMILES string of the molecule is NC(=O)c1cccc(N2C[C@@H](c3ccc(Cl)cc3Oc3ccncc3)CC2=O)c1. The number of aromatic nitrogens is 1. The van der Waals surface area contributed by atoms with Gasteiger partial charge in [-0.3, -0.25) is 14.6 Å². The number of benzene rings is 2. The first-order valence-electron chi connectivity index (χ1n) is 9.09. The maximum Gasteiger partial charge on any atom is 0.248 e. The second kappa shape index (κ2) is 7.93. The van der Waals surface area contributed by atoms with Crippen LogP contribution in [0.3, 0.4) is 0 Å². The molecule has 2 amide bonds. The first kappa shape index (κ1) is 19.0. The van der Waals surface area contributed by atoms with Gasteiger partial charge in [-0.2, -0.15) is 0 Å². The molecule has 29 heavy (non-hydrogen) atoms. The van der Waals surface area contributed by atoms with Crippen LogP contribution in [0, 0.1) is 0 Å². The molecule has 2 N–H and O–H groups in total. The summed E-state index contributed by atoms with van der Waals surface area (Å²) in [6.07, 6.45) is 3.62. The Morgan fingerprint density at radius 3 is 2.69 bits per heavy atom. The Morgan fingerprint density at radius 1 is 1.14 bits per heavy atom. The van der Waals surface area contributed by atoms with Gasteiger partial charge in [0.15, 0.2) is 0 Å². The molecule has 1 atom stereocenters. The molecule has 2 aromatic carbocycles. The lowest BCUT2D eigenvalue weighted by Crippen LogP contribution is -2.24. The Hall–Kier alpha value is -3.38. The molecule has 0 aliphatic carbocycles. The number of halogens is 1. The summed E-state index contributed by atoms with van der Waals surface area (Å²) in [7, 11) is 0. The molecule has 0 spiro atoms. The largest absolute Gasteiger partial charge is 0.457 e. The molecular weight excluding hydrogens is 390 g/mol. The minimum absolute atomic E-state index is 0.0265. The highest BCUT2D eigenvalue weighted by atomic mass is 35.5. The van der Waals surface area contributed by atoms with Gasteiger partial charge < -0.3 is 15.4 Å². The van der Waals surface area contributed by atoms with Gasteiger partial charge in [0.25, 0.3) is 0 Å². The van der Waals surface area contributed by atoms with Crippen molar-refractivity contribution in [1.29, 1.82) is 0 Å². The molecule has 6 nitrogen and oxygen atoms in total. The highest BCUT2D eigenvalue weighted by Crippen LogP contribution is 2.39. The van der Waals surface area contributed by atoms with Crippen LogP contribution in [-0.2, 0) is 4.79 Å². The van der Waals surface area contributed by atoms with E-state index in [1.54, 1.807) is 65.8 Å². The number of anilines is 1. The Bertz CT molecular complexity index is 1070. The minimum atomic E-state index is -0.527. The van der Waals surface area contributed by atoms with Crippen LogP contribution in [0.25, 0.3) is 0 Å². The summed E-state index contributed by atoms with van der Waals surface area (Å²) in [5.41, 5.74) is 7.28. The Morgan fingerprint density at radius 2 is 1.93 bits per heavy atom. The van der Waals surface area contributed by atoms with Crippen molar-refractivity contribution in [2.24, 2.45) is 5.73 Å². The van der Waals surface area contributed by atoms with E-state index in [1.165, 1.54) is 0 Å². The smallest absolute Gasteiger partial charge is 0.248 e. The summed E-state index contributed by atoms with van der Waals surface area (Å²) in [5.74, 6) is 0.615. The number of primary amides is 1. The Balaban J connectivity index is 1.62. The van der Waals surface area contributed by atoms with Crippen molar-refractivity contribution in [3.63, 3.8) is 0 Å². The third-order valence-corrected chi connectivity index (χ3v) is 5.10. The molecule has 0 unspecified atom stereocenters. The van der Waals surface area contributed by atoms with Crippen molar-refractivity contribution in [1.82, 2.24) is 4.98 Å². The van der Waals surface area contributed by atoms with Crippen LogP contribution in [0.4, 0.5) is 5.69 Å². The van der Waals surface area contributed by atoms with E-state index >= 15 is 0 Å². The van der Waals surface area contributed by atoms with E-state index in [9.17, 15) is 9.59 Å². The number of ether oxygens (including phenoxy) is 1. The molecule has 2 heterocycles. The van der Waals surface area contributed by atoms with Gasteiger partial charge in [-0.1, -0.05) is 23.7 Å². The number of hydrogen-bond donors (Lipinski definition) is 1. The standard InChI is InChI=1S/C22H18ClN3O3/c23-16-4-5-19(20(12-16)29-18-6-8-25-9-7-18)15-11-21(27)26(13-15)17-3-1-2-14(10-17)22(24)28/h1-10,12,15H,11,13H2,(H2,24,28)/t15-/m0/s1. The average molecular weight is 408 g/mol. The molecule has 1 fully saturated rings. The van der Waals surface area contributed by atoms with E-state index in [0.29, 0.717) is 40.7 Å². The zero-order chi connectivity index (χ0) is 20.4. The molecule has 1 aromatic heterocycles. The van der Waals surface area contributed by atoms with E-state index in [0.717, 1.165) is 5.56 Å². The molecule has 0 saturated carbocycles. The lowest BCUT2D eigenvalue weighted by molar-refractivity contribution is -0.117. The third kappa shape index (κ3) is 4.07. The second-order valence-electron chi connectivity index (χ2n) is 6.79. The molecule has 3 aromatic rings. The summed E-state index contributed by atoms with van der Waals surface area (Å²) < 4.78 is 6.01. The van der Waals surface area contributed by atoms with Crippen LogP contribution >= 0.6 is 11.6 Å². The molecule has 1 aliphatic heterocycles. The van der Waals surface area contributed by atoms with Crippen LogP contribution in [0.15, 0.2) is 67.0 Å². The van der Waals surface area contributed by atoms with Gasteiger partial charge in [0.05, 0.1) is 0 Å². The molecule has 7 heteroatoms. The number of carbonyl (C=O) groups is 2. The Kier molecular flexibility index (Phi) is 5.18. The first-order valence-corrected chi connectivity index (χ1v) is 9.46. The van der Waals surface area contributed by atoms with Crippen LogP contribution in [0.5, 0.6) is 11.5 Å². The van der Waals surface area contributed by atoms with E-state index in [4.69, 9.17) is 22.1 Å². The first-order chi connectivity index (χ1) is 14.0. The minimum Gasteiger partial charge on any atom is -0.457 e. The summed E-state index contributed by atoms with van der Waals surface area (Å²) in [6.45, 7) is 0.468. The quantitative estimate of drug-likeness (QED) is 0.688. The fraction of sp³-hybridized carbons (Fsp3) is 0.136. The predicted molar refractivity (Wildman–Crippen MR) is 110 cm³/mol. The predicted octanol–water partition coefficient (Wildman–Crippen LogP) is 4.15. The maximum atomic E-state index is 12.7. The molecule has 1 aliphatic rings. The van der Waals surface area contributed by atoms with E-state index in [-0.39, 0.29) is 11.8 Å². The normalized spacial score (nSPS) is 16.1.